The maximum absolute atomic E-state index is 12.4. The summed E-state index contributed by atoms with van der Waals surface area (Å²) in [4.78, 5) is 13.3. The summed E-state index contributed by atoms with van der Waals surface area (Å²) >= 11 is 1.51. The Balaban J connectivity index is 1.76. The van der Waals surface area contributed by atoms with Crippen LogP contribution < -0.4 is 5.32 Å². The normalized spacial score (nSPS) is 13.6. The van der Waals surface area contributed by atoms with Crippen LogP contribution in [0.2, 0.25) is 0 Å². The van der Waals surface area contributed by atoms with Crippen molar-refractivity contribution in [1.29, 1.82) is 0 Å². The highest BCUT2D eigenvalue weighted by atomic mass is 32.2. The van der Waals surface area contributed by atoms with Crippen LogP contribution in [0.4, 0.5) is 0 Å². The quantitative estimate of drug-likeness (QED) is 0.693. The first-order valence-corrected chi connectivity index (χ1v) is 8.86. The molecule has 1 heterocycles. The third kappa shape index (κ3) is 3.32. The summed E-state index contributed by atoms with van der Waals surface area (Å²) in [5, 5.41) is 14.4. The van der Waals surface area contributed by atoms with Crippen LogP contribution in [0.1, 0.15) is 23.0 Å². The lowest BCUT2D eigenvalue weighted by Gasteiger charge is -2.21. The van der Waals surface area contributed by atoms with Gasteiger partial charge in [-0.15, -0.1) is 11.8 Å². The number of benzene rings is 2. The minimum atomic E-state index is -1.29. The molecular weight excluding hydrogens is 322 g/mol. The Morgan fingerprint density at radius 3 is 2.67 bits per heavy atom. The van der Waals surface area contributed by atoms with Crippen LogP contribution in [-0.2, 0) is 5.60 Å². The van der Waals surface area contributed by atoms with E-state index >= 15 is 0 Å². The largest absolute Gasteiger partial charge is 0.458 e. The summed E-state index contributed by atoms with van der Waals surface area (Å²) in [7, 11) is 0. The zero-order valence-corrected chi connectivity index (χ0v) is 14.4. The minimum absolute atomic E-state index is 0.0639. The molecule has 5 heteroatoms. The van der Waals surface area contributed by atoms with Gasteiger partial charge in [0.1, 0.15) is 16.9 Å². The van der Waals surface area contributed by atoms with Gasteiger partial charge in [0.15, 0.2) is 0 Å². The summed E-state index contributed by atoms with van der Waals surface area (Å²) in [5.74, 6) is 0.221. The van der Waals surface area contributed by atoms with E-state index < -0.39 is 5.60 Å². The van der Waals surface area contributed by atoms with Gasteiger partial charge in [-0.3, -0.25) is 4.79 Å². The van der Waals surface area contributed by atoms with Crippen molar-refractivity contribution in [3.8, 4) is 0 Å². The average Bonchev–Trinajstić information content (AvgIpc) is 3.05. The number of fused-ring (bicyclic) bond motifs is 1. The first-order valence-electron chi connectivity index (χ1n) is 7.64. The van der Waals surface area contributed by atoms with Crippen LogP contribution in [0, 0.1) is 0 Å². The molecule has 0 aliphatic carbocycles. The van der Waals surface area contributed by atoms with Gasteiger partial charge in [0.25, 0.3) is 5.91 Å². The first-order chi connectivity index (χ1) is 11.5. The summed E-state index contributed by atoms with van der Waals surface area (Å²) in [6.07, 6.45) is 1.93. The van der Waals surface area contributed by atoms with Gasteiger partial charge in [-0.05, 0) is 37.4 Å². The second-order valence-electron chi connectivity index (χ2n) is 5.81. The van der Waals surface area contributed by atoms with Gasteiger partial charge < -0.3 is 14.8 Å². The van der Waals surface area contributed by atoms with Crippen LogP contribution in [0.25, 0.3) is 11.0 Å². The fourth-order valence-electron chi connectivity index (χ4n) is 2.51. The number of carbonyl (C=O) groups is 1. The van der Waals surface area contributed by atoms with Gasteiger partial charge in [-0.25, -0.2) is 0 Å². The van der Waals surface area contributed by atoms with Crippen molar-refractivity contribution in [2.24, 2.45) is 0 Å². The Bertz CT molecular complexity index is 837. The fourth-order valence-corrected chi connectivity index (χ4v) is 3.11. The molecule has 3 rings (SSSR count). The lowest BCUT2D eigenvalue weighted by Crippen LogP contribution is -2.38. The highest BCUT2D eigenvalue weighted by Gasteiger charge is 2.28. The molecule has 1 aromatic heterocycles. The zero-order chi connectivity index (χ0) is 17.2. The first kappa shape index (κ1) is 16.6. The lowest BCUT2D eigenvalue weighted by atomic mass is 10.0. The number of hydrogen-bond acceptors (Lipinski definition) is 4. The fraction of sp³-hybridized carbons (Fsp3) is 0.211. The van der Waals surface area contributed by atoms with Crippen molar-refractivity contribution in [1.82, 2.24) is 5.32 Å². The maximum atomic E-state index is 12.4. The lowest BCUT2D eigenvalue weighted by molar-refractivity contribution is 0.0344. The molecule has 0 unspecified atom stereocenters. The highest BCUT2D eigenvalue weighted by molar-refractivity contribution is 7.98. The Morgan fingerprint density at radius 1 is 1.21 bits per heavy atom. The molecule has 1 atom stereocenters. The number of nitrogens with one attached hydrogen (secondary N) is 1. The molecule has 0 bridgehead atoms. The van der Waals surface area contributed by atoms with E-state index in [1.54, 1.807) is 19.1 Å². The van der Waals surface area contributed by atoms with Crippen molar-refractivity contribution in [3.63, 3.8) is 0 Å². The predicted molar refractivity (Wildman–Crippen MR) is 96.3 cm³/mol. The van der Waals surface area contributed by atoms with Crippen LogP contribution in [0.3, 0.4) is 0 Å². The van der Waals surface area contributed by atoms with Crippen molar-refractivity contribution in [3.05, 3.63) is 65.9 Å². The number of furan rings is 1. The molecule has 0 aliphatic heterocycles. The molecule has 4 nitrogen and oxygen atoms in total. The molecule has 24 heavy (non-hydrogen) atoms. The Labute approximate surface area is 144 Å². The van der Waals surface area contributed by atoms with E-state index in [9.17, 15) is 9.90 Å². The average molecular weight is 341 g/mol. The van der Waals surface area contributed by atoms with Crippen molar-refractivity contribution < 1.29 is 14.3 Å². The second kappa shape index (κ2) is 6.71. The van der Waals surface area contributed by atoms with Gasteiger partial charge in [0, 0.05) is 10.3 Å². The third-order valence-corrected chi connectivity index (χ3v) is 4.70. The van der Waals surface area contributed by atoms with E-state index in [0.717, 1.165) is 10.3 Å². The van der Waals surface area contributed by atoms with E-state index in [-0.39, 0.29) is 12.5 Å². The molecular formula is C19H19NO3S. The maximum Gasteiger partial charge on any atom is 0.252 e. The summed E-state index contributed by atoms with van der Waals surface area (Å²) < 4.78 is 5.71. The van der Waals surface area contributed by atoms with Crippen LogP contribution in [0.5, 0.6) is 0 Å². The number of hydrogen-bond donors (Lipinski definition) is 2. The van der Waals surface area contributed by atoms with Crippen LogP contribution in [0.15, 0.2) is 63.9 Å². The number of thioether (sulfide) groups is 1. The van der Waals surface area contributed by atoms with Crippen molar-refractivity contribution in [2.75, 3.05) is 12.8 Å². The Hall–Kier alpha value is -2.24. The van der Waals surface area contributed by atoms with Gasteiger partial charge >= 0.3 is 0 Å². The minimum Gasteiger partial charge on any atom is -0.458 e. The van der Waals surface area contributed by atoms with Gasteiger partial charge in [-0.1, -0.05) is 30.3 Å². The van der Waals surface area contributed by atoms with Gasteiger partial charge in [0.05, 0.1) is 12.1 Å². The molecule has 0 saturated carbocycles. The Kier molecular flexibility index (Phi) is 4.64. The summed E-state index contributed by atoms with van der Waals surface area (Å²) in [6.45, 7) is 1.69. The monoisotopic (exact) mass is 341 g/mol. The van der Waals surface area contributed by atoms with Crippen LogP contribution in [-0.4, -0.2) is 23.8 Å². The summed E-state index contributed by atoms with van der Waals surface area (Å²) in [6, 6.07) is 16.8. The number of rotatable bonds is 5. The second-order valence-corrected chi connectivity index (χ2v) is 6.65. The van der Waals surface area contributed by atoms with E-state index in [1.807, 2.05) is 48.7 Å². The number of para-hydroxylation sites is 1. The molecule has 124 valence electrons. The Morgan fingerprint density at radius 2 is 1.92 bits per heavy atom. The molecule has 3 aromatic rings. The number of amides is 1. The van der Waals surface area contributed by atoms with Gasteiger partial charge in [-0.2, -0.15) is 0 Å². The molecule has 0 aliphatic rings. The third-order valence-electron chi connectivity index (χ3n) is 3.90. The molecule has 0 fully saturated rings. The van der Waals surface area contributed by atoms with E-state index in [2.05, 4.69) is 5.32 Å². The summed E-state index contributed by atoms with van der Waals surface area (Å²) in [5.41, 5.74) is 0.0282. The molecule has 2 aromatic carbocycles. The van der Waals surface area contributed by atoms with Gasteiger partial charge in [0.2, 0.25) is 0 Å². The van der Waals surface area contributed by atoms with E-state index in [0.29, 0.717) is 16.9 Å². The smallest absolute Gasteiger partial charge is 0.252 e. The van der Waals surface area contributed by atoms with Crippen molar-refractivity contribution in [2.45, 2.75) is 17.4 Å². The topological polar surface area (TPSA) is 62.5 Å². The molecule has 1 amide bonds. The SMILES string of the molecule is CSc1ccccc1C(=O)NC[C@@](C)(O)c1cc2ccccc2o1. The standard InChI is InChI=1S/C19H19NO3S/c1-19(22,17-11-13-7-3-5-9-15(13)23-17)12-20-18(21)14-8-4-6-10-16(14)24-2/h3-11,22H,12H2,1-2H3,(H,20,21)/t19-/m1/s1. The molecule has 2 N–H and O–H groups in total. The predicted octanol–water partition coefficient (Wildman–Crippen LogP) is 3.79. The number of aliphatic hydroxyl groups is 1. The zero-order valence-electron chi connectivity index (χ0n) is 13.6. The van der Waals surface area contributed by atoms with Crippen molar-refractivity contribution >= 4 is 28.6 Å². The highest BCUT2D eigenvalue weighted by Crippen LogP contribution is 2.27. The molecule has 0 spiro atoms. The van der Waals surface area contributed by atoms with E-state index in [1.165, 1.54) is 11.8 Å². The molecule has 0 radical (unpaired) electrons. The van der Waals surface area contributed by atoms with Crippen LogP contribution >= 0.6 is 11.8 Å². The molecule has 0 saturated heterocycles. The number of carbonyl (C=O) groups excluding carboxylic acids is 1. The van der Waals surface area contributed by atoms with E-state index in [4.69, 9.17) is 4.42 Å².